The van der Waals surface area contributed by atoms with Gasteiger partial charge in [-0.05, 0) is 111 Å². The lowest BCUT2D eigenvalue weighted by molar-refractivity contribution is -0.404. The Morgan fingerprint density at radius 2 is 1.07 bits per heavy atom. The van der Waals surface area contributed by atoms with Crippen LogP contribution in [0.15, 0.2) is 11.8 Å². The molecule has 6 aliphatic heterocycles. The van der Waals surface area contributed by atoms with Crippen LogP contribution in [0.2, 0.25) is 0 Å². The maximum Gasteiger partial charge on any atom is 0.187 e. The molecule has 10 aliphatic rings. The van der Waals surface area contributed by atoms with Crippen LogP contribution >= 0.6 is 0 Å². The summed E-state index contributed by atoms with van der Waals surface area (Å²) >= 11 is 0. The molecule has 10 fully saturated rings. The van der Waals surface area contributed by atoms with E-state index in [1.54, 1.807) is 0 Å². The third kappa shape index (κ3) is 11.9. The lowest BCUT2D eigenvalue weighted by Gasteiger charge is -2.61. The monoisotopic (exact) mass is 1210 g/mol. The third-order valence-corrected chi connectivity index (χ3v) is 21.2. The van der Waals surface area contributed by atoms with Crippen LogP contribution in [0.3, 0.4) is 0 Å². The highest BCUT2D eigenvalue weighted by molar-refractivity contribution is 5.26. The topological polar surface area (TPSA) is 445 Å². The highest BCUT2D eigenvalue weighted by Gasteiger charge is 2.69. The fourth-order valence-electron chi connectivity index (χ4n) is 16.5. The number of aliphatic hydroxyl groups excluding tert-OH is 16. The molecule has 28 heteroatoms. The molecule has 6 saturated heterocycles. The number of fused-ring (bicyclic) bond motifs is 7. The van der Waals surface area contributed by atoms with E-state index in [1.807, 2.05) is 19.9 Å². The molecule has 484 valence electrons. The van der Waals surface area contributed by atoms with Gasteiger partial charge in [0.2, 0.25) is 0 Å². The zero-order valence-corrected chi connectivity index (χ0v) is 47.8. The van der Waals surface area contributed by atoms with Gasteiger partial charge in [-0.2, -0.15) is 0 Å². The van der Waals surface area contributed by atoms with E-state index in [1.165, 1.54) is 0 Å². The molecule has 17 N–H and O–H groups in total. The molecule has 4 saturated carbocycles. The molecule has 6 heterocycles. The van der Waals surface area contributed by atoms with E-state index in [0.717, 1.165) is 38.5 Å². The van der Waals surface area contributed by atoms with E-state index in [4.69, 9.17) is 52.1 Å². The Hall–Kier alpha value is -1.54. The molecular weight excluding hydrogens is 1120 g/mol. The van der Waals surface area contributed by atoms with Crippen molar-refractivity contribution in [2.45, 2.75) is 251 Å². The van der Waals surface area contributed by atoms with Crippen LogP contribution in [0.1, 0.15) is 85.5 Å². The molecule has 84 heavy (non-hydrogen) atoms. The average molecular weight is 1210 g/mol. The van der Waals surface area contributed by atoms with E-state index in [9.17, 15) is 86.8 Å². The first-order chi connectivity index (χ1) is 39.8. The molecular formula is C56H92O28. The summed E-state index contributed by atoms with van der Waals surface area (Å²) < 4.78 is 65.8. The SMILES string of the molecule is C[C@H](C/C=C1\O[C@H]2C[C@H]3[C@@H]4CC[C@H]5C[C@@H](O[C@@H]6O[C@H](CO)[C@H](O[C@@H]7O[C@H](CO)[C@@H](O)[C@H](O[C@@H]8OC[C@@H](O)[C@H](O)[C@H]8O)[C@H]7O[C@@H]7O[C@H](CO)[C@@H](O)[C@H](O)[C@H]7O)[C@H](O)[C@H]6O)CC[C@]5(C)[C@H]4CC[C@]3(C)[C@H]2[C@]1(C)O)CO[C@@H]1O[C@H](CO)[C@@H](O)[C@H](O)[C@H]1O. The number of hydrogen-bond donors (Lipinski definition) is 17. The molecule has 0 unspecified atom stereocenters. The van der Waals surface area contributed by atoms with Crippen LogP contribution in [-0.4, -0.2) is 292 Å². The second-order valence-electron chi connectivity index (χ2n) is 26.4. The quantitative estimate of drug-likeness (QED) is 0.0604. The van der Waals surface area contributed by atoms with Gasteiger partial charge in [-0.1, -0.05) is 20.8 Å². The molecule has 28 nitrogen and oxygen atoms in total. The van der Waals surface area contributed by atoms with Crippen LogP contribution in [0.25, 0.3) is 0 Å². The van der Waals surface area contributed by atoms with Crippen molar-refractivity contribution in [3.8, 4) is 0 Å². The van der Waals surface area contributed by atoms with Crippen molar-refractivity contribution >= 4 is 0 Å². The smallest absolute Gasteiger partial charge is 0.187 e. The zero-order chi connectivity index (χ0) is 60.6. The Kier molecular flexibility index (Phi) is 20.2. The molecule has 10 rings (SSSR count). The van der Waals surface area contributed by atoms with E-state index in [2.05, 4.69) is 13.8 Å². The first kappa shape index (κ1) is 65.4. The van der Waals surface area contributed by atoms with Crippen molar-refractivity contribution in [1.29, 1.82) is 0 Å². The van der Waals surface area contributed by atoms with Gasteiger partial charge in [0.1, 0.15) is 133 Å². The Morgan fingerprint density at radius 3 is 1.74 bits per heavy atom. The summed E-state index contributed by atoms with van der Waals surface area (Å²) in [4.78, 5) is 0. The first-order valence-corrected chi connectivity index (χ1v) is 30.0. The maximum atomic E-state index is 12.4. The summed E-state index contributed by atoms with van der Waals surface area (Å²) in [6.45, 7) is 4.92. The van der Waals surface area contributed by atoms with Crippen molar-refractivity contribution < 1.29 is 139 Å². The van der Waals surface area contributed by atoms with Crippen molar-refractivity contribution in [3.63, 3.8) is 0 Å². The molecule has 0 amide bonds. The number of hydrogen-bond acceptors (Lipinski definition) is 28. The normalized spacial score (nSPS) is 54.9. The van der Waals surface area contributed by atoms with Crippen LogP contribution in [0.5, 0.6) is 0 Å². The van der Waals surface area contributed by atoms with Gasteiger partial charge in [-0.15, -0.1) is 0 Å². The molecule has 0 aromatic heterocycles. The standard InChI is InChI=1S/C56H92O28/c1-21(19-74-49-42(70)38(66)35(63)29(15-57)78-49)5-8-33-56(4,73)48-28(77-33)14-26-24-7-6-22-13-23(9-11-54(22,2)25(24)10-12-55(26,48)3)76-51-44(72)40(68)45(32(18-60)81-51)82-53-47(84-52-43(71)39(67)36(64)30(16-58)79-52)46(37(65)31(17-59)80-53)83-50-41(69)34(62)27(61)20-75-50/h8,21-32,34-53,57-73H,5-7,9-20H2,1-4H3/b33-8-/t21-,22+,23+,24-,25+,26+,27-,28+,29-,30-,31-,32-,34+,35-,36-,37-,38+,39+,40-,41-,42-,43-,44-,45+,46+,47-,48+,49-,50+,51-,52+,53+,54+,55+,56-/m1/s1. The molecule has 4 aliphatic carbocycles. The van der Waals surface area contributed by atoms with E-state index < -0.39 is 192 Å². The fraction of sp³-hybridized carbons (Fsp3) is 0.964. The van der Waals surface area contributed by atoms with Crippen LogP contribution in [0, 0.1) is 46.3 Å². The summed E-state index contributed by atoms with van der Waals surface area (Å²) in [7, 11) is 0. The third-order valence-electron chi connectivity index (χ3n) is 21.2. The highest BCUT2D eigenvalue weighted by atomic mass is 16.8. The summed E-state index contributed by atoms with van der Waals surface area (Å²) in [6.07, 6.45) is -32.1. The molecule has 0 aromatic carbocycles. The lowest BCUT2D eigenvalue weighted by Crippen LogP contribution is -2.68. The van der Waals surface area contributed by atoms with Crippen molar-refractivity contribution in [2.24, 2.45) is 46.3 Å². The van der Waals surface area contributed by atoms with Gasteiger partial charge in [-0.25, -0.2) is 0 Å². The van der Waals surface area contributed by atoms with Crippen molar-refractivity contribution in [3.05, 3.63) is 11.8 Å². The summed E-state index contributed by atoms with van der Waals surface area (Å²) in [6, 6.07) is 0. The molecule has 0 radical (unpaired) electrons. The Morgan fingerprint density at radius 1 is 0.524 bits per heavy atom. The second-order valence-corrected chi connectivity index (χ2v) is 26.4. The van der Waals surface area contributed by atoms with Crippen molar-refractivity contribution in [2.75, 3.05) is 39.6 Å². The van der Waals surface area contributed by atoms with Gasteiger partial charge in [0.05, 0.1) is 45.7 Å². The Bertz CT molecular complexity index is 2200. The van der Waals surface area contributed by atoms with Gasteiger partial charge in [0.25, 0.3) is 0 Å². The van der Waals surface area contributed by atoms with Gasteiger partial charge < -0.3 is 139 Å². The van der Waals surface area contributed by atoms with E-state index >= 15 is 0 Å². The number of allylic oxidation sites excluding steroid dienone is 1. The molecule has 0 bridgehead atoms. The van der Waals surface area contributed by atoms with Crippen LogP contribution < -0.4 is 0 Å². The van der Waals surface area contributed by atoms with E-state index in [0.29, 0.717) is 42.8 Å². The molecule has 35 atom stereocenters. The van der Waals surface area contributed by atoms with Gasteiger partial charge >= 0.3 is 0 Å². The largest absolute Gasteiger partial charge is 0.492 e. The van der Waals surface area contributed by atoms with Crippen molar-refractivity contribution in [1.82, 2.24) is 0 Å². The minimum Gasteiger partial charge on any atom is -0.492 e. The van der Waals surface area contributed by atoms with Gasteiger partial charge in [-0.3, -0.25) is 0 Å². The van der Waals surface area contributed by atoms with Crippen LogP contribution in [-0.2, 0) is 52.1 Å². The van der Waals surface area contributed by atoms with E-state index in [-0.39, 0.29) is 41.3 Å². The summed E-state index contributed by atoms with van der Waals surface area (Å²) in [5.41, 5.74) is -1.49. The summed E-state index contributed by atoms with van der Waals surface area (Å²) in [5, 5.41) is 182. The predicted octanol–water partition coefficient (Wildman–Crippen LogP) is -5.57. The fourth-order valence-corrected chi connectivity index (χ4v) is 16.5. The highest BCUT2D eigenvalue weighted by Crippen LogP contribution is 2.71. The zero-order valence-electron chi connectivity index (χ0n) is 47.8. The maximum absolute atomic E-state index is 12.4. The Labute approximate surface area is 486 Å². The lowest BCUT2D eigenvalue weighted by atomic mass is 9.44. The summed E-state index contributed by atoms with van der Waals surface area (Å²) in [5.74, 6) is 1.61. The number of aliphatic hydroxyl groups is 17. The molecule has 0 spiro atoms. The van der Waals surface area contributed by atoms with Gasteiger partial charge in [0.15, 0.2) is 31.5 Å². The second kappa shape index (κ2) is 26.0. The Balaban J connectivity index is 0.769. The molecule has 0 aromatic rings. The first-order valence-electron chi connectivity index (χ1n) is 30.0. The minimum atomic E-state index is -2.03. The number of rotatable bonds is 17. The van der Waals surface area contributed by atoms with Crippen LogP contribution in [0.4, 0.5) is 0 Å². The average Bonchev–Trinajstić information content (AvgIpc) is 2.08. The predicted molar refractivity (Wildman–Crippen MR) is 278 cm³/mol. The minimum absolute atomic E-state index is 0.0553. The number of ether oxygens (including phenoxy) is 11. The van der Waals surface area contributed by atoms with Gasteiger partial charge in [0, 0.05) is 5.92 Å².